The third-order valence-corrected chi connectivity index (χ3v) is 3.75. The van der Waals surface area contributed by atoms with E-state index in [0.717, 1.165) is 0 Å². The second-order valence-corrected chi connectivity index (χ2v) is 5.23. The normalized spacial score (nSPS) is 13.5. The van der Waals surface area contributed by atoms with Gasteiger partial charge in [0, 0.05) is 0 Å². The predicted octanol–water partition coefficient (Wildman–Crippen LogP) is 2.93. The molecule has 0 saturated carbocycles. The van der Waals surface area contributed by atoms with Crippen molar-refractivity contribution in [1.29, 1.82) is 0 Å². The molecule has 0 bridgehead atoms. The van der Waals surface area contributed by atoms with Crippen LogP contribution in [0.5, 0.6) is 0 Å². The summed E-state index contributed by atoms with van der Waals surface area (Å²) in [4.78, 5) is 0. The van der Waals surface area contributed by atoms with Crippen LogP contribution in [0.4, 0.5) is 0 Å². The van der Waals surface area contributed by atoms with Crippen molar-refractivity contribution in [3.8, 4) is 0 Å². The van der Waals surface area contributed by atoms with E-state index in [1.54, 1.807) is 18.2 Å². The minimum Gasteiger partial charge on any atom is -0.285 e. The van der Waals surface area contributed by atoms with E-state index in [4.69, 9.17) is 16.2 Å². The summed E-state index contributed by atoms with van der Waals surface area (Å²) >= 11 is 5.96. The average molecular weight is 247 g/mol. The zero-order chi connectivity index (χ0) is 11.6. The molecule has 0 radical (unpaired) electrons. The van der Waals surface area contributed by atoms with E-state index in [-0.39, 0.29) is 0 Å². The van der Waals surface area contributed by atoms with Gasteiger partial charge in [0.2, 0.25) is 0 Å². The van der Waals surface area contributed by atoms with Crippen LogP contribution in [0, 0.1) is 0 Å². The average Bonchev–Trinajstić information content (AvgIpc) is 2.16. The van der Waals surface area contributed by atoms with Crippen LogP contribution in [0.3, 0.4) is 0 Å². The Morgan fingerprint density at radius 1 is 1.53 bits per heavy atom. The van der Waals surface area contributed by atoms with Gasteiger partial charge in [-0.25, -0.2) is 0 Å². The van der Waals surface area contributed by atoms with Crippen molar-refractivity contribution in [3.05, 3.63) is 40.9 Å². The number of rotatable bonds is 3. The lowest BCUT2D eigenvalue weighted by Gasteiger charge is -2.11. The minimum atomic E-state index is -4.12. The molecule has 0 fully saturated rings. The summed E-state index contributed by atoms with van der Waals surface area (Å²) in [5.41, 5.74) is 1.02. The van der Waals surface area contributed by atoms with Gasteiger partial charge in [-0.2, -0.15) is 8.42 Å². The van der Waals surface area contributed by atoms with E-state index >= 15 is 0 Å². The van der Waals surface area contributed by atoms with Gasteiger partial charge in [-0.15, -0.1) is 0 Å². The highest BCUT2D eigenvalue weighted by Crippen LogP contribution is 2.30. The molecule has 0 aromatic heterocycles. The summed E-state index contributed by atoms with van der Waals surface area (Å²) in [6.45, 7) is 4.94. The molecule has 3 nitrogen and oxygen atoms in total. The molecule has 0 aliphatic heterocycles. The van der Waals surface area contributed by atoms with Crippen LogP contribution in [-0.4, -0.2) is 13.0 Å². The van der Waals surface area contributed by atoms with E-state index in [1.807, 2.05) is 0 Å². The molecule has 1 unspecified atom stereocenters. The lowest BCUT2D eigenvalue weighted by atomic mass is 10.1. The highest BCUT2D eigenvalue weighted by molar-refractivity contribution is 7.86. The molecule has 1 aromatic rings. The molecule has 1 N–H and O–H groups in total. The Bertz CT molecular complexity index is 479. The third kappa shape index (κ3) is 2.59. The molecule has 0 heterocycles. The minimum absolute atomic E-state index is 0.303. The zero-order valence-corrected chi connectivity index (χ0v) is 9.72. The van der Waals surface area contributed by atoms with Gasteiger partial charge in [-0.1, -0.05) is 42.5 Å². The van der Waals surface area contributed by atoms with E-state index < -0.39 is 15.4 Å². The standard InChI is InChI=1S/C10H11ClO3S/c1-3-8-5-4-6-9(10(8)11)7(2)15(12,13)14/h3-7H,1H2,2H3,(H,12,13,14). The summed E-state index contributed by atoms with van der Waals surface area (Å²) in [5, 5.41) is -0.734. The number of hydrogen-bond donors (Lipinski definition) is 1. The first-order valence-corrected chi connectivity index (χ1v) is 6.13. The van der Waals surface area contributed by atoms with E-state index in [2.05, 4.69) is 6.58 Å². The van der Waals surface area contributed by atoms with Gasteiger partial charge in [0.1, 0.15) is 5.25 Å². The molecule has 82 valence electrons. The quantitative estimate of drug-likeness (QED) is 0.835. The lowest BCUT2D eigenvalue weighted by Crippen LogP contribution is -2.09. The first-order chi connectivity index (χ1) is 6.88. The molecule has 5 heteroatoms. The summed E-state index contributed by atoms with van der Waals surface area (Å²) < 4.78 is 30.8. The van der Waals surface area contributed by atoms with Gasteiger partial charge < -0.3 is 0 Å². The number of benzene rings is 1. The number of halogens is 1. The molecule has 0 aliphatic rings. The summed E-state index contributed by atoms with van der Waals surface area (Å²) in [6, 6.07) is 4.95. The molecule has 1 atom stereocenters. The van der Waals surface area contributed by atoms with E-state index in [9.17, 15) is 8.42 Å². The molecular formula is C10H11ClO3S. The second-order valence-electron chi connectivity index (χ2n) is 3.11. The van der Waals surface area contributed by atoms with Crippen molar-refractivity contribution in [3.63, 3.8) is 0 Å². The van der Waals surface area contributed by atoms with Crippen LogP contribution < -0.4 is 0 Å². The van der Waals surface area contributed by atoms with Gasteiger partial charge in [0.25, 0.3) is 10.1 Å². The largest absolute Gasteiger partial charge is 0.285 e. The first kappa shape index (κ1) is 12.2. The Kier molecular flexibility index (Phi) is 3.54. The molecule has 1 aromatic carbocycles. The highest BCUT2D eigenvalue weighted by Gasteiger charge is 2.22. The van der Waals surface area contributed by atoms with Crippen molar-refractivity contribution < 1.29 is 13.0 Å². The van der Waals surface area contributed by atoms with Gasteiger partial charge in [0.15, 0.2) is 0 Å². The molecular weight excluding hydrogens is 236 g/mol. The molecule has 0 spiro atoms. The maximum absolute atomic E-state index is 11.0. The smallest absolute Gasteiger partial charge is 0.271 e. The van der Waals surface area contributed by atoms with E-state index in [1.165, 1.54) is 13.0 Å². The predicted molar refractivity (Wildman–Crippen MR) is 61.5 cm³/mol. The lowest BCUT2D eigenvalue weighted by molar-refractivity contribution is 0.472. The maximum Gasteiger partial charge on any atom is 0.271 e. The molecule has 1 rings (SSSR count). The fourth-order valence-corrected chi connectivity index (χ4v) is 2.15. The second kappa shape index (κ2) is 4.35. The van der Waals surface area contributed by atoms with Crippen molar-refractivity contribution in [2.75, 3.05) is 0 Å². The van der Waals surface area contributed by atoms with Crippen LogP contribution in [-0.2, 0) is 10.1 Å². The molecule has 15 heavy (non-hydrogen) atoms. The van der Waals surface area contributed by atoms with Crippen molar-refractivity contribution >= 4 is 27.8 Å². The van der Waals surface area contributed by atoms with Gasteiger partial charge in [-0.05, 0) is 18.1 Å². The first-order valence-electron chi connectivity index (χ1n) is 4.25. The van der Waals surface area contributed by atoms with Crippen LogP contribution in [0.2, 0.25) is 5.02 Å². The summed E-state index contributed by atoms with van der Waals surface area (Å²) in [6.07, 6.45) is 1.53. The van der Waals surface area contributed by atoms with Crippen LogP contribution in [0.15, 0.2) is 24.8 Å². The fraction of sp³-hybridized carbons (Fsp3) is 0.200. The third-order valence-electron chi connectivity index (χ3n) is 2.16. The highest BCUT2D eigenvalue weighted by atomic mass is 35.5. The summed E-state index contributed by atoms with van der Waals surface area (Å²) in [7, 11) is -4.12. The van der Waals surface area contributed by atoms with Crippen LogP contribution >= 0.6 is 11.6 Å². The Balaban J connectivity index is 3.33. The van der Waals surface area contributed by atoms with E-state index in [0.29, 0.717) is 16.1 Å². The van der Waals surface area contributed by atoms with Gasteiger partial charge in [-0.3, -0.25) is 4.55 Å². The van der Waals surface area contributed by atoms with Gasteiger partial charge in [0.05, 0.1) is 5.02 Å². The topological polar surface area (TPSA) is 54.4 Å². The fourth-order valence-electron chi connectivity index (χ4n) is 1.20. The maximum atomic E-state index is 11.0. The summed E-state index contributed by atoms with van der Waals surface area (Å²) in [5.74, 6) is 0. The van der Waals surface area contributed by atoms with Crippen molar-refractivity contribution in [1.82, 2.24) is 0 Å². The zero-order valence-electron chi connectivity index (χ0n) is 8.14. The Morgan fingerprint density at radius 2 is 2.13 bits per heavy atom. The Morgan fingerprint density at radius 3 is 2.60 bits per heavy atom. The Hall–Kier alpha value is -0.840. The van der Waals surface area contributed by atoms with Crippen molar-refractivity contribution in [2.24, 2.45) is 0 Å². The Labute approximate surface area is 94.1 Å². The molecule has 0 saturated heterocycles. The molecule has 0 aliphatic carbocycles. The monoisotopic (exact) mass is 246 g/mol. The van der Waals surface area contributed by atoms with Crippen molar-refractivity contribution in [2.45, 2.75) is 12.2 Å². The molecule has 0 amide bonds. The SMILES string of the molecule is C=Cc1cccc(C(C)S(=O)(=O)O)c1Cl. The van der Waals surface area contributed by atoms with Crippen LogP contribution in [0.1, 0.15) is 23.3 Å². The van der Waals surface area contributed by atoms with Gasteiger partial charge >= 0.3 is 0 Å². The number of hydrogen-bond acceptors (Lipinski definition) is 2. The van der Waals surface area contributed by atoms with Crippen LogP contribution in [0.25, 0.3) is 6.08 Å².